The molecular formula is C20H24N2O3S. The van der Waals surface area contributed by atoms with Gasteiger partial charge in [-0.1, -0.05) is 19.1 Å². The molecule has 2 aromatic rings. The number of fused-ring (bicyclic) bond motifs is 1. The average Bonchev–Trinajstić information content (AvgIpc) is 2.68. The molecular weight excluding hydrogens is 348 g/mol. The Hall–Kier alpha value is -2.18. The van der Waals surface area contributed by atoms with Gasteiger partial charge in [0.1, 0.15) is 23.5 Å². The SMILES string of the molecule is CCN(C)COc1ccc(OC)cc1C1Sc2ccccc2N(C)C1=O. The van der Waals surface area contributed by atoms with E-state index in [0.717, 1.165) is 22.7 Å². The highest BCUT2D eigenvalue weighted by atomic mass is 32.2. The van der Waals surface area contributed by atoms with Crippen molar-refractivity contribution in [2.75, 3.05) is 39.4 Å². The van der Waals surface area contributed by atoms with Gasteiger partial charge in [0.25, 0.3) is 0 Å². The van der Waals surface area contributed by atoms with Crippen molar-refractivity contribution in [2.45, 2.75) is 17.1 Å². The smallest absolute Gasteiger partial charge is 0.244 e. The number of carbonyl (C=O) groups excluding carboxylic acids is 1. The van der Waals surface area contributed by atoms with Gasteiger partial charge in [0.15, 0.2) is 0 Å². The lowest BCUT2D eigenvalue weighted by molar-refractivity contribution is -0.118. The van der Waals surface area contributed by atoms with Crippen molar-refractivity contribution >= 4 is 23.4 Å². The zero-order valence-corrected chi connectivity index (χ0v) is 16.4. The van der Waals surface area contributed by atoms with Crippen LogP contribution in [-0.4, -0.2) is 45.3 Å². The van der Waals surface area contributed by atoms with Gasteiger partial charge in [-0.15, -0.1) is 11.8 Å². The molecule has 0 saturated carbocycles. The Morgan fingerprint density at radius 1 is 1.23 bits per heavy atom. The predicted molar refractivity (Wildman–Crippen MR) is 105 cm³/mol. The van der Waals surface area contributed by atoms with Gasteiger partial charge < -0.3 is 14.4 Å². The van der Waals surface area contributed by atoms with Gasteiger partial charge in [0.05, 0.1) is 12.8 Å². The van der Waals surface area contributed by atoms with Crippen LogP contribution in [0.1, 0.15) is 17.7 Å². The lowest BCUT2D eigenvalue weighted by Gasteiger charge is -2.32. The summed E-state index contributed by atoms with van der Waals surface area (Å²) in [5.41, 5.74) is 1.78. The fourth-order valence-electron chi connectivity index (χ4n) is 2.76. The number of carbonyl (C=O) groups is 1. The van der Waals surface area contributed by atoms with Gasteiger partial charge in [0.2, 0.25) is 5.91 Å². The zero-order valence-electron chi connectivity index (χ0n) is 15.6. The van der Waals surface area contributed by atoms with E-state index in [9.17, 15) is 4.79 Å². The summed E-state index contributed by atoms with van der Waals surface area (Å²) in [5.74, 6) is 1.46. The van der Waals surface area contributed by atoms with Crippen LogP contribution >= 0.6 is 11.8 Å². The van der Waals surface area contributed by atoms with E-state index in [1.165, 1.54) is 0 Å². The minimum Gasteiger partial charge on any atom is -0.497 e. The van der Waals surface area contributed by atoms with E-state index in [0.29, 0.717) is 18.2 Å². The van der Waals surface area contributed by atoms with Gasteiger partial charge in [0, 0.05) is 17.5 Å². The van der Waals surface area contributed by atoms with Gasteiger partial charge in [-0.25, -0.2) is 0 Å². The monoisotopic (exact) mass is 372 g/mol. The van der Waals surface area contributed by atoms with Crippen molar-refractivity contribution in [1.82, 2.24) is 4.90 Å². The highest BCUT2D eigenvalue weighted by Crippen LogP contribution is 2.48. The van der Waals surface area contributed by atoms with E-state index in [-0.39, 0.29) is 11.2 Å². The maximum Gasteiger partial charge on any atom is 0.244 e. The number of benzene rings is 2. The summed E-state index contributed by atoms with van der Waals surface area (Å²) in [6, 6.07) is 13.6. The molecule has 0 radical (unpaired) electrons. The summed E-state index contributed by atoms with van der Waals surface area (Å²) < 4.78 is 11.4. The second kappa shape index (κ2) is 8.01. The Labute approximate surface area is 158 Å². The molecule has 1 atom stereocenters. The fraction of sp³-hybridized carbons (Fsp3) is 0.350. The quantitative estimate of drug-likeness (QED) is 0.722. The number of likely N-dealkylation sites (N-methyl/N-ethyl adjacent to an activating group) is 1. The van der Waals surface area contributed by atoms with Crippen molar-refractivity contribution in [2.24, 2.45) is 0 Å². The van der Waals surface area contributed by atoms with Crippen molar-refractivity contribution < 1.29 is 14.3 Å². The van der Waals surface area contributed by atoms with Crippen LogP contribution in [0, 0.1) is 0 Å². The Balaban J connectivity index is 1.97. The number of nitrogens with zero attached hydrogens (tertiary/aromatic N) is 2. The normalized spacial score (nSPS) is 16.6. The summed E-state index contributed by atoms with van der Waals surface area (Å²) in [5, 5.41) is -0.369. The standard InChI is InChI=1S/C20H24N2O3S/c1-5-21(2)13-25-17-11-10-14(24-4)12-15(17)19-20(23)22(3)16-8-6-7-9-18(16)26-19/h6-12,19H,5,13H2,1-4H3. The van der Waals surface area contributed by atoms with Crippen LogP contribution in [0.3, 0.4) is 0 Å². The predicted octanol–water partition coefficient (Wildman–Crippen LogP) is 3.79. The molecule has 0 N–H and O–H groups in total. The van der Waals surface area contributed by atoms with Crippen molar-refractivity contribution in [3.8, 4) is 11.5 Å². The van der Waals surface area contributed by atoms with Crippen LogP contribution in [0.4, 0.5) is 5.69 Å². The minimum atomic E-state index is -0.369. The molecule has 26 heavy (non-hydrogen) atoms. The van der Waals surface area contributed by atoms with Crippen molar-refractivity contribution in [3.05, 3.63) is 48.0 Å². The van der Waals surface area contributed by atoms with Crippen LogP contribution in [0.15, 0.2) is 47.4 Å². The Morgan fingerprint density at radius 2 is 2.00 bits per heavy atom. The molecule has 2 aromatic carbocycles. The van der Waals surface area contributed by atoms with E-state index < -0.39 is 0 Å². The number of ether oxygens (including phenoxy) is 2. The lowest BCUT2D eigenvalue weighted by atomic mass is 10.1. The van der Waals surface area contributed by atoms with Crippen LogP contribution in [0.2, 0.25) is 0 Å². The van der Waals surface area contributed by atoms with E-state index in [1.807, 2.05) is 56.6 Å². The average molecular weight is 372 g/mol. The summed E-state index contributed by atoms with van der Waals surface area (Å²) in [4.78, 5) is 17.9. The van der Waals surface area contributed by atoms with E-state index >= 15 is 0 Å². The molecule has 0 spiro atoms. The molecule has 0 aromatic heterocycles. The number of rotatable bonds is 6. The molecule has 3 rings (SSSR count). The number of hydrogen-bond donors (Lipinski definition) is 0. The third-order valence-corrected chi connectivity index (χ3v) is 5.80. The van der Waals surface area contributed by atoms with Gasteiger partial charge >= 0.3 is 0 Å². The number of hydrogen-bond acceptors (Lipinski definition) is 5. The van der Waals surface area contributed by atoms with E-state index in [4.69, 9.17) is 9.47 Å². The summed E-state index contributed by atoms with van der Waals surface area (Å²) in [6.07, 6.45) is 0. The fourth-order valence-corrected chi connectivity index (χ4v) is 4.07. The molecule has 1 amide bonds. The summed E-state index contributed by atoms with van der Waals surface area (Å²) in [7, 11) is 5.44. The number of anilines is 1. The number of methoxy groups -OCH3 is 1. The summed E-state index contributed by atoms with van der Waals surface area (Å²) >= 11 is 1.55. The Morgan fingerprint density at radius 3 is 2.73 bits per heavy atom. The maximum absolute atomic E-state index is 13.0. The minimum absolute atomic E-state index is 0.0376. The molecule has 1 aliphatic heterocycles. The molecule has 1 heterocycles. The van der Waals surface area contributed by atoms with Crippen LogP contribution in [0.25, 0.3) is 0 Å². The van der Waals surface area contributed by atoms with E-state index in [1.54, 1.807) is 23.8 Å². The van der Waals surface area contributed by atoms with E-state index in [2.05, 4.69) is 11.8 Å². The molecule has 0 fully saturated rings. The number of amides is 1. The lowest BCUT2D eigenvalue weighted by Crippen LogP contribution is -2.34. The number of thioether (sulfide) groups is 1. The first-order valence-corrected chi connectivity index (χ1v) is 9.45. The maximum atomic E-state index is 13.0. The molecule has 5 nitrogen and oxygen atoms in total. The second-order valence-electron chi connectivity index (χ2n) is 6.21. The molecule has 6 heteroatoms. The second-order valence-corrected chi connectivity index (χ2v) is 7.36. The van der Waals surface area contributed by atoms with Gasteiger partial charge in [-0.2, -0.15) is 0 Å². The molecule has 1 aliphatic rings. The van der Waals surface area contributed by atoms with Crippen LogP contribution < -0.4 is 14.4 Å². The van der Waals surface area contributed by atoms with Crippen molar-refractivity contribution in [1.29, 1.82) is 0 Å². The number of para-hydroxylation sites is 1. The topological polar surface area (TPSA) is 42.0 Å². The third kappa shape index (κ3) is 3.66. The Kier molecular flexibility index (Phi) is 5.74. The molecule has 0 saturated heterocycles. The molecule has 138 valence electrons. The molecule has 0 aliphatic carbocycles. The molecule has 0 bridgehead atoms. The summed E-state index contributed by atoms with van der Waals surface area (Å²) in [6.45, 7) is 3.43. The highest BCUT2D eigenvalue weighted by molar-refractivity contribution is 8.00. The van der Waals surface area contributed by atoms with Crippen molar-refractivity contribution in [3.63, 3.8) is 0 Å². The van der Waals surface area contributed by atoms with Gasteiger partial charge in [-0.3, -0.25) is 9.69 Å². The first-order valence-electron chi connectivity index (χ1n) is 8.57. The zero-order chi connectivity index (χ0) is 18.7. The highest BCUT2D eigenvalue weighted by Gasteiger charge is 2.34. The van der Waals surface area contributed by atoms with Crippen LogP contribution in [0.5, 0.6) is 11.5 Å². The first-order chi connectivity index (χ1) is 12.5. The Bertz CT molecular complexity index is 796. The van der Waals surface area contributed by atoms with Gasteiger partial charge in [-0.05, 0) is 43.9 Å². The molecule has 1 unspecified atom stereocenters. The van der Waals surface area contributed by atoms with Crippen LogP contribution in [-0.2, 0) is 4.79 Å². The first kappa shape index (κ1) is 18.6. The third-order valence-electron chi connectivity index (χ3n) is 4.51. The largest absolute Gasteiger partial charge is 0.497 e.